The molecule has 4 N–H and O–H groups in total. The van der Waals surface area contributed by atoms with Gasteiger partial charge in [0.05, 0.1) is 6.61 Å². The molecule has 0 spiro atoms. The van der Waals surface area contributed by atoms with Crippen molar-refractivity contribution in [2.24, 2.45) is 17.3 Å². The van der Waals surface area contributed by atoms with Gasteiger partial charge in [0.25, 0.3) is 0 Å². The Morgan fingerprint density at radius 1 is 1.26 bits per heavy atom. The maximum Gasteiger partial charge on any atom is 0.187 e. The summed E-state index contributed by atoms with van der Waals surface area (Å²) in [6.45, 7) is 5.05. The SMILES string of the molecule is CC1CC(=O)CC(C)(C)C1/C=C/C(=O)CO[C@@H]1O[C@H](CO)[C@@H](O)[C@H](O)[C@H]1O. The van der Waals surface area contributed by atoms with Crippen LogP contribution in [-0.4, -0.2) is 75.9 Å². The van der Waals surface area contributed by atoms with Gasteiger partial charge in [0.15, 0.2) is 12.1 Å². The summed E-state index contributed by atoms with van der Waals surface area (Å²) in [5.41, 5.74) is -0.232. The quantitative estimate of drug-likeness (QED) is 0.452. The van der Waals surface area contributed by atoms with Crippen molar-refractivity contribution < 1.29 is 39.5 Å². The standard InChI is InChI=1S/C19H30O8/c1-10-6-12(22)7-19(2,3)13(10)5-4-11(21)9-26-18-17(25)16(24)15(23)14(8-20)27-18/h4-5,10,13-18,20,23-25H,6-9H2,1-3H3/b5-4+/t10?,13?,14-,15-,16+,17-,18-/m1/s1. The van der Waals surface area contributed by atoms with Crippen molar-refractivity contribution in [2.75, 3.05) is 13.2 Å². The molecule has 1 saturated heterocycles. The van der Waals surface area contributed by atoms with Gasteiger partial charge in [-0.2, -0.15) is 0 Å². The van der Waals surface area contributed by atoms with Crippen LogP contribution in [0.5, 0.6) is 0 Å². The molecule has 2 rings (SSSR count). The first-order chi connectivity index (χ1) is 12.6. The zero-order valence-corrected chi connectivity index (χ0v) is 15.9. The van der Waals surface area contributed by atoms with Crippen LogP contribution in [0.1, 0.15) is 33.6 Å². The van der Waals surface area contributed by atoms with Gasteiger partial charge in [-0.1, -0.05) is 26.8 Å². The number of allylic oxidation sites excluding steroid dienone is 1. The molecule has 0 aromatic rings. The molecular weight excluding hydrogens is 356 g/mol. The van der Waals surface area contributed by atoms with Crippen molar-refractivity contribution in [3.05, 3.63) is 12.2 Å². The maximum absolute atomic E-state index is 12.1. The molecule has 1 saturated carbocycles. The minimum absolute atomic E-state index is 0.0754. The first-order valence-corrected chi connectivity index (χ1v) is 9.21. The van der Waals surface area contributed by atoms with E-state index in [1.165, 1.54) is 6.08 Å². The average Bonchev–Trinajstić information content (AvgIpc) is 2.57. The molecule has 1 heterocycles. The van der Waals surface area contributed by atoms with E-state index >= 15 is 0 Å². The summed E-state index contributed by atoms with van der Waals surface area (Å²) in [5, 5.41) is 38.5. The molecule has 0 radical (unpaired) electrons. The van der Waals surface area contributed by atoms with E-state index < -0.39 is 37.3 Å². The number of aliphatic hydroxyl groups is 4. The highest BCUT2D eigenvalue weighted by molar-refractivity contribution is 5.90. The van der Waals surface area contributed by atoms with E-state index in [1.807, 2.05) is 20.8 Å². The monoisotopic (exact) mass is 386 g/mol. The molecule has 154 valence electrons. The predicted octanol–water partition coefficient (Wildman–Crippen LogP) is -0.430. The molecule has 0 amide bonds. The Labute approximate surface area is 158 Å². The van der Waals surface area contributed by atoms with Crippen molar-refractivity contribution >= 4 is 11.6 Å². The molecule has 1 aliphatic carbocycles. The highest BCUT2D eigenvalue weighted by Gasteiger charge is 2.44. The molecule has 0 aromatic carbocycles. The van der Waals surface area contributed by atoms with Crippen LogP contribution < -0.4 is 0 Å². The van der Waals surface area contributed by atoms with Crippen LogP contribution in [0.4, 0.5) is 0 Å². The van der Waals surface area contributed by atoms with E-state index in [0.717, 1.165) is 0 Å². The van der Waals surface area contributed by atoms with Gasteiger partial charge in [-0.05, 0) is 23.3 Å². The molecule has 27 heavy (non-hydrogen) atoms. The summed E-state index contributed by atoms with van der Waals surface area (Å²) in [7, 11) is 0. The molecule has 0 aromatic heterocycles. The summed E-state index contributed by atoms with van der Waals surface area (Å²) in [6, 6.07) is 0. The lowest BCUT2D eigenvalue weighted by atomic mass is 9.63. The minimum atomic E-state index is -1.55. The van der Waals surface area contributed by atoms with E-state index in [2.05, 4.69) is 0 Å². The van der Waals surface area contributed by atoms with Crippen LogP contribution >= 0.6 is 0 Å². The number of rotatable bonds is 6. The number of hydrogen-bond acceptors (Lipinski definition) is 8. The second-order valence-electron chi connectivity index (χ2n) is 8.24. The fourth-order valence-corrected chi connectivity index (χ4v) is 4.03. The molecule has 2 unspecified atom stereocenters. The van der Waals surface area contributed by atoms with Crippen molar-refractivity contribution in [2.45, 2.75) is 64.3 Å². The molecule has 8 heteroatoms. The van der Waals surface area contributed by atoms with Gasteiger partial charge >= 0.3 is 0 Å². The van der Waals surface area contributed by atoms with E-state index in [9.17, 15) is 24.9 Å². The van der Waals surface area contributed by atoms with Crippen molar-refractivity contribution in [3.8, 4) is 0 Å². The fraction of sp³-hybridized carbons (Fsp3) is 0.789. The lowest BCUT2D eigenvalue weighted by Gasteiger charge is -2.40. The number of aliphatic hydroxyl groups excluding tert-OH is 4. The van der Waals surface area contributed by atoms with E-state index in [1.54, 1.807) is 6.08 Å². The first-order valence-electron chi connectivity index (χ1n) is 9.21. The van der Waals surface area contributed by atoms with Crippen LogP contribution in [0.3, 0.4) is 0 Å². The third-order valence-corrected chi connectivity index (χ3v) is 5.45. The number of carbonyl (C=O) groups excluding carboxylic acids is 2. The summed E-state index contributed by atoms with van der Waals surface area (Å²) in [4.78, 5) is 23.9. The number of ether oxygens (including phenoxy) is 2. The molecule has 2 fully saturated rings. The molecule has 0 bridgehead atoms. The van der Waals surface area contributed by atoms with E-state index in [0.29, 0.717) is 12.8 Å². The Morgan fingerprint density at radius 3 is 2.52 bits per heavy atom. The second kappa shape index (κ2) is 8.89. The van der Waals surface area contributed by atoms with Gasteiger partial charge in [0.2, 0.25) is 0 Å². The van der Waals surface area contributed by atoms with Gasteiger partial charge in [0, 0.05) is 12.8 Å². The second-order valence-corrected chi connectivity index (χ2v) is 8.24. The summed E-state index contributed by atoms with van der Waals surface area (Å²) >= 11 is 0. The predicted molar refractivity (Wildman–Crippen MR) is 94.5 cm³/mol. The summed E-state index contributed by atoms with van der Waals surface area (Å²) < 4.78 is 10.4. The number of Topliss-reactive ketones (excluding diaryl/α,β-unsaturated/α-hetero) is 1. The van der Waals surface area contributed by atoms with Crippen LogP contribution in [-0.2, 0) is 19.1 Å². The van der Waals surface area contributed by atoms with Crippen LogP contribution in [0.25, 0.3) is 0 Å². The fourth-order valence-electron chi connectivity index (χ4n) is 4.03. The highest BCUT2D eigenvalue weighted by Crippen LogP contribution is 2.43. The summed E-state index contributed by atoms with van der Waals surface area (Å²) in [6.07, 6.45) is -2.80. The molecule has 2 aliphatic rings. The van der Waals surface area contributed by atoms with E-state index in [-0.39, 0.29) is 35.4 Å². The Bertz CT molecular complexity index is 570. The Morgan fingerprint density at radius 2 is 1.93 bits per heavy atom. The van der Waals surface area contributed by atoms with Gasteiger partial charge in [0.1, 0.15) is 36.8 Å². The summed E-state index contributed by atoms with van der Waals surface area (Å²) in [5.74, 6) is 0.0874. The normalized spacial score (nSPS) is 39.7. The Balaban J connectivity index is 1.92. The molecule has 7 atom stereocenters. The lowest BCUT2D eigenvalue weighted by molar-refractivity contribution is -0.298. The Kier molecular flexibility index (Phi) is 7.29. The smallest absolute Gasteiger partial charge is 0.187 e. The third-order valence-electron chi connectivity index (χ3n) is 5.45. The average molecular weight is 386 g/mol. The van der Waals surface area contributed by atoms with Crippen molar-refractivity contribution in [3.63, 3.8) is 0 Å². The number of hydrogen-bond donors (Lipinski definition) is 4. The van der Waals surface area contributed by atoms with Gasteiger partial charge < -0.3 is 29.9 Å². The zero-order valence-electron chi connectivity index (χ0n) is 15.9. The molecule has 8 nitrogen and oxygen atoms in total. The number of ketones is 2. The van der Waals surface area contributed by atoms with Crippen molar-refractivity contribution in [1.29, 1.82) is 0 Å². The van der Waals surface area contributed by atoms with Gasteiger partial charge in [-0.3, -0.25) is 9.59 Å². The number of carbonyl (C=O) groups is 2. The first kappa shape index (κ1) is 22.1. The largest absolute Gasteiger partial charge is 0.394 e. The molecule has 1 aliphatic heterocycles. The Hall–Kier alpha value is -1.16. The van der Waals surface area contributed by atoms with Crippen LogP contribution in [0.2, 0.25) is 0 Å². The van der Waals surface area contributed by atoms with Crippen LogP contribution in [0.15, 0.2) is 12.2 Å². The van der Waals surface area contributed by atoms with E-state index in [4.69, 9.17) is 14.6 Å². The maximum atomic E-state index is 12.1. The van der Waals surface area contributed by atoms with Gasteiger partial charge in [-0.15, -0.1) is 0 Å². The highest BCUT2D eigenvalue weighted by atomic mass is 16.7. The topological polar surface area (TPSA) is 134 Å². The van der Waals surface area contributed by atoms with Crippen LogP contribution in [0, 0.1) is 17.3 Å². The van der Waals surface area contributed by atoms with Gasteiger partial charge in [-0.25, -0.2) is 0 Å². The lowest BCUT2D eigenvalue weighted by Crippen LogP contribution is -2.59. The molecular formula is C19H30O8. The zero-order chi connectivity index (χ0) is 20.4. The third kappa shape index (κ3) is 5.22. The van der Waals surface area contributed by atoms with Crippen molar-refractivity contribution in [1.82, 2.24) is 0 Å². The minimum Gasteiger partial charge on any atom is -0.394 e.